The number of fused-ring (bicyclic) bond motifs is 1. The molecule has 1 N–H and O–H groups in total. The third-order valence-corrected chi connectivity index (χ3v) is 6.94. The predicted molar refractivity (Wildman–Crippen MR) is 145 cm³/mol. The molecule has 1 amide bonds. The Hall–Kier alpha value is -4.56. The maximum absolute atomic E-state index is 13.9. The number of ether oxygens (including phenoxy) is 2. The Kier molecular flexibility index (Phi) is 6.89. The molecule has 1 aromatic heterocycles. The number of rotatable bonds is 7. The molecule has 0 spiro atoms. The van der Waals surface area contributed by atoms with Crippen molar-refractivity contribution in [1.82, 2.24) is 0 Å². The molecular weight excluding hydrogens is 522 g/mol. The first-order valence-corrected chi connectivity index (χ1v) is 12.4. The minimum atomic E-state index is -0.934. The zero-order chi connectivity index (χ0) is 27.8. The number of aliphatic hydroxyl groups is 1. The number of aryl methyl sites for hydroxylation is 1. The quantitative estimate of drug-likeness (QED) is 0.227. The Bertz CT molecular complexity index is 1650. The van der Waals surface area contributed by atoms with Gasteiger partial charge in [-0.05, 0) is 47.9 Å². The number of ketones is 1. The van der Waals surface area contributed by atoms with Crippen LogP contribution in [0.2, 0.25) is 5.02 Å². The highest BCUT2D eigenvalue weighted by Crippen LogP contribution is 2.44. The van der Waals surface area contributed by atoms with Crippen LogP contribution in [0.4, 0.5) is 5.69 Å². The number of nitrogens with zero attached hydrogens (tertiary/aromatic N) is 1. The van der Waals surface area contributed by atoms with Crippen LogP contribution in [0.1, 0.15) is 33.3 Å². The topological polar surface area (TPSA) is 106 Å². The maximum atomic E-state index is 13.9. The van der Waals surface area contributed by atoms with Crippen molar-refractivity contribution in [3.63, 3.8) is 0 Å². The van der Waals surface area contributed by atoms with E-state index in [0.717, 1.165) is 5.56 Å². The first-order valence-electron chi connectivity index (χ1n) is 12.0. The number of halogens is 1. The zero-order valence-electron chi connectivity index (χ0n) is 21.4. The summed E-state index contributed by atoms with van der Waals surface area (Å²) in [5.74, 6) is -2.17. The molecule has 3 aromatic carbocycles. The van der Waals surface area contributed by atoms with Gasteiger partial charge in [-0.3, -0.25) is 19.3 Å². The zero-order valence-corrected chi connectivity index (χ0v) is 22.1. The molecule has 39 heavy (non-hydrogen) atoms. The number of furan rings is 1. The van der Waals surface area contributed by atoms with Crippen molar-refractivity contribution in [3.8, 4) is 5.75 Å². The fourth-order valence-electron chi connectivity index (χ4n) is 4.79. The van der Waals surface area contributed by atoms with E-state index in [1.165, 1.54) is 25.2 Å². The largest absolute Gasteiger partial charge is 0.503 e. The van der Waals surface area contributed by atoms with Crippen LogP contribution in [0.15, 0.2) is 82.5 Å². The van der Waals surface area contributed by atoms with Gasteiger partial charge in [0.2, 0.25) is 5.78 Å². The van der Waals surface area contributed by atoms with Crippen molar-refractivity contribution in [1.29, 1.82) is 0 Å². The van der Waals surface area contributed by atoms with Gasteiger partial charge in [-0.15, -0.1) is 0 Å². The molecule has 0 saturated heterocycles. The van der Waals surface area contributed by atoms with Gasteiger partial charge in [0.25, 0.3) is 5.91 Å². The first-order chi connectivity index (χ1) is 18.7. The molecule has 4 aromatic rings. The average Bonchev–Trinajstić information content (AvgIpc) is 3.47. The highest BCUT2D eigenvalue weighted by molar-refractivity contribution is 6.31. The third kappa shape index (κ3) is 4.64. The van der Waals surface area contributed by atoms with Gasteiger partial charge in [-0.2, -0.15) is 0 Å². The van der Waals surface area contributed by atoms with Crippen LogP contribution in [0, 0.1) is 6.92 Å². The van der Waals surface area contributed by atoms with Crippen molar-refractivity contribution < 1.29 is 33.4 Å². The van der Waals surface area contributed by atoms with Crippen molar-refractivity contribution in [2.75, 3.05) is 19.1 Å². The highest BCUT2D eigenvalue weighted by atomic mass is 35.5. The summed E-state index contributed by atoms with van der Waals surface area (Å²) in [5.41, 5.74) is 2.81. The highest BCUT2D eigenvalue weighted by Gasteiger charge is 2.45. The summed E-state index contributed by atoms with van der Waals surface area (Å²) in [6.07, 6.45) is 0.0682. The summed E-state index contributed by atoms with van der Waals surface area (Å²) in [6.45, 7) is 1.86. The van der Waals surface area contributed by atoms with E-state index in [1.807, 2.05) is 19.1 Å². The first kappa shape index (κ1) is 26.1. The SMILES string of the molecule is COC(=O)Cc1ccc(N2C(=O)C(O)=C(C(=O)c3cc4cc(Cl)cc(OC)c4o3)C2c2ccccc2C)cc1. The van der Waals surface area contributed by atoms with E-state index in [2.05, 4.69) is 0 Å². The van der Waals surface area contributed by atoms with E-state index in [1.54, 1.807) is 48.5 Å². The summed E-state index contributed by atoms with van der Waals surface area (Å²) in [4.78, 5) is 40.5. The molecule has 198 valence electrons. The molecule has 8 nitrogen and oxygen atoms in total. The van der Waals surface area contributed by atoms with Crippen molar-refractivity contribution in [2.24, 2.45) is 0 Å². The van der Waals surface area contributed by atoms with Crippen LogP contribution in [0.25, 0.3) is 11.0 Å². The van der Waals surface area contributed by atoms with E-state index >= 15 is 0 Å². The van der Waals surface area contributed by atoms with E-state index in [4.69, 9.17) is 25.5 Å². The number of carbonyl (C=O) groups excluding carboxylic acids is 3. The lowest BCUT2D eigenvalue weighted by atomic mass is 9.92. The molecule has 1 atom stereocenters. The van der Waals surface area contributed by atoms with Gasteiger partial charge in [-0.25, -0.2) is 0 Å². The Morgan fingerprint density at radius 1 is 1.05 bits per heavy atom. The number of hydrogen-bond donors (Lipinski definition) is 1. The number of benzene rings is 3. The fourth-order valence-corrected chi connectivity index (χ4v) is 5.00. The van der Waals surface area contributed by atoms with E-state index in [9.17, 15) is 19.5 Å². The molecule has 9 heteroatoms. The lowest BCUT2D eigenvalue weighted by molar-refractivity contribution is -0.139. The van der Waals surface area contributed by atoms with Gasteiger partial charge >= 0.3 is 5.97 Å². The monoisotopic (exact) mass is 545 g/mol. The predicted octanol–water partition coefficient (Wildman–Crippen LogP) is 5.90. The molecule has 2 heterocycles. The van der Waals surface area contributed by atoms with Crippen LogP contribution in [-0.4, -0.2) is 37.0 Å². The third-order valence-electron chi connectivity index (χ3n) is 6.72. The number of esters is 1. The Labute approximate surface area is 229 Å². The Morgan fingerprint density at radius 2 is 1.77 bits per heavy atom. The Balaban J connectivity index is 1.61. The average molecular weight is 546 g/mol. The molecular formula is C30H24ClNO7. The van der Waals surface area contributed by atoms with Gasteiger partial charge in [-0.1, -0.05) is 48.0 Å². The molecule has 0 bridgehead atoms. The molecule has 5 rings (SSSR count). The summed E-state index contributed by atoms with van der Waals surface area (Å²) in [5, 5.41) is 12.0. The maximum Gasteiger partial charge on any atom is 0.309 e. The molecule has 0 fully saturated rings. The molecule has 1 aliphatic heterocycles. The number of carbonyl (C=O) groups is 3. The Morgan fingerprint density at radius 3 is 2.44 bits per heavy atom. The van der Waals surface area contributed by atoms with Crippen molar-refractivity contribution in [3.05, 3.63) is 106 Å². The summed E-state index contributed by atoms with van der Waals surface area (Å²) in [6, 6.07) is 17.8. The van der Waals surface area contributed by atoms with Crippen LogP contribution in [-0.2, 0) is 20.7 Å². The second-order valence-corrected chi connectivity index (χ2v) is 9.52. The second kappa shape index (κ2) is 10.3. The van der Waals surface area contributed by atoms with Crippen LogP contribution >= 0.6 is 11.6 Å². The normalized spacial score (nSPS) is 15.2. The number of aliphatic hydroxyl groups excluding tert-OH is 1. The molecule has 0 aliphatic carbocycles. The molecule has 0 saturated carbocycles. The molecule has 1 aliphatic rings. The number of amides is 1. The van der Waals surface area contributed by atoms with Gasteiger partial charge in [0.05, 0.1) is 32.3 Å². The van der Waals surface area contributed by atoms with Crippen LogP contribution in [0.5, 0.6) is 5.75 Å². The minimum Gasteiger partial charge on any atom is -0.503 e. The number of methoxy groups -OCH3 is 2. The standard InChI is InChI=1S/C30H24ClNO7/c1-16-6-4-5-7-21(16)26-25(27(34)22-14-18-13-19(31)15-23(37-2)29(18)39-22)28(35)30(36)32(26)20-10-8-17(9-11-20)12-24(33)38-3/h4-11,13-15,26,35H,12H2,1-3H3. The van der Waals surface area contributed by atoms with Crippen LogP contribution < -0.4 is 9.64 Å². The smallest absolute Gasteiger partial charge is 0.309 e. The fraction of sp³-hybridized carbons (Fsp3) is 0.167. The number of hydrogen-bond acceptors (Lipinski definition) is 7. The van der Waals surface area contributed by atoms with Crippen molar-refractivity contribution >= 4 is 45.9 Å². The lowest BCUT2D eigenvalue weighted by Gasteiger charge is -2.28. The summed E-state index contributed by atoms with van der Waals surface area (Å²) < 4.78 is 15.9. The summed E-state index contributed by atoms with van der Waals surface area (Å²) in [7, 11) is 2.77. The van der Waals surface area contributed by atoms with Crippen molar-refractivity contribution in [2.45, 2.75) is 19.4 Å². The van der Waals surface area contributed by atoms with Gasteiger partial charge in [0, 0.05) is 22.2 Å². The summed E-state index contributed by atoms with van der Waals surface area (Å²) >= 11 is 6.18. The van der Waals surface area contributed by atoms with E-state index in [0.29, 0.717) is 38.6 Å². The number of Topliss-reactive ketones (excluding diaryl/α,β-unsaturated/α-hetero) is 1. The second-order valence-electron chi connectivity index (χ2n) is 9.08. The minimum absolute atomic E-state index is 0.0682. The van der Waals surface area contributed by atoms with Gasteiger partial charge in [0.1, 0.15) is 0 Å². The number of anilines is 1. The van der Waals surface area contributed by atoms with Gasteiger partial charge < -0.3 is 19.0 Å². The molecule has 1 unspecified atom stereocenters. The van der Waals surface area contributed by atoms with E-state index in [-0.39, 0.29) is 17.8 Å². The molecule has 0 radical (unpaired) electrons. The van der Waals surface area contributed by atoms with Crippen LogP contribution in [0.3, 0.4) is 0 Å². The lowest BCUT2D eigenvalue weighted by Crippen LogP contribution is -2.31. The van der Waals surface area contributed by atoms with Gasteiger partial charge in [0.15, 0.2) is 22.9 Å². The van der Waals surface area contributed by atoms with E-state index < -0.39 is 29.5 Å².